The van der Waals surface area contributed by atoms with Gasteiger partial charge in [0.1, 0.15) is 24.4 Å². The van der Waals surface area contributed by atoms with Gasteiger partial charge in [0.25, 0.3) is 0 Å². The van der Waals surface area contributed by atoms with E-state index in [0.717, 1.165) is 45.1 Å². The highest BCUT2D eigenvalue weighted by atomic mass is 16.7. The molecule has 2 aliphatic rings. The number of hydrogen-bond donors (Lipinski definition) is 3. The van der Waals surface area contributed by atoms with Crippen LogP contribution >= 0.6 is 0 Å². The van der Waals surface area contributed by atoms with Crippen LogP contribution in [-0.2, 0) is 23.7 Å². The highest BCUT2D eigenvalue weighted by Crippen LogP contribution is 2.27. The first-order valence-electron chi connectivity index (χ1n) is 20.7. The Morgan fingerprint density at radius 1 is 0.688 bits per heavy atom. The molecule has 2 heterocycles. The summed E-state index contributed by atoms with van der Waals surface area (Å²) in [7, 11) is 1.61. The monoisotopic (exact) mass is 683 g/mol. The van der Waals surface area contributed by atoms with Crippen LogP contribution in [-0.4, -0.2) is 81.2 Å². The second-order valence-electron chi connectivity index (χ2n) is 14.6. The topological polar surface area (TPSA) is 98.3 Å². The molecule has 0 radical (unpaired) electrons. The van der Waals surface area contributed by atoms with Crippen molar-refractivity contribution in [3.8, 4) is 0 Å². The molecule has 284 valence electrons. The molecule has 1 amide bonds. The summed E-state index contributed by atoms with van der Waals surface area (Å²) in [6, 6.07) is -0.173. The van der Waals surface area contributed by atoms with Crippen LogP contribution in [0, 0.1) is 0 Å². The number of rotatable bonds is 32. The molecule has 48 heavy (non-hydrogen) atoms. The Hall–Kier alpha value is -0.770. The number of ether oxygens (including phenoxy) is 4. The standard InChI is InChI=1S/C40H78N2O6/c1-4-6-8-10-12-14-16-18-20-22-24-26-31-46-37-36(43)35(33-42-39(44)34-29-28-30-41-34)48-40(45-3)38(37)47-32-27-25-23-21-19-17-15-13-11-9-7-5-2/h34-38,40-41,43H,4-33H2,1-3H3,(H,42,44)/t34?,35-,36-,37+,38-,40+/m1/s1. The third-order valence-electron chi connectivity index (χ3n) is 10.3. The molecule has 6 atom stereocenters. The quantitative estimate of drug-likeness (QED) is 0.0611. The zero-order valence-corrected chi connectivity index (χ0v) is 31.7. The normalized spacial score (nSPS) is 24.3. The van der Waals surface area contributed by atoms with E-state index in [1.165, 1.54) is 128 Å². The maximum absolute atomic E-state index is 12.7. The first-order valence-corrected chi connectivity index (χ1v) is 20.7. The lowest BCUT2D eigenvalue weighted by Crippen LogP contribution is -2.62. The SMILES string of the molecule is CCCCCCCCCCCCCCO[C@H]1[C@@H](OC)O[C@H](CNC(=O)C2CCCN2)[C@@H](O)[C@@H]1OCCCCCCCCCCCCCC. The van der Waals surface area contributed by atoms with Crippen LogP contribution in [0.1, 0.15) is 181 Å². The van der Waals surface area contributed by atoms with Crippen LogP contribution in [0.5, 0.6) is 0 Å². The molecule has 0 aromatic rings. The summed E-state index contributed by atoms with van der Waals surface area (Å²) in [5.74, 6) is -0.0448. The Labute approximate surface area is 295 Å². The lowest BCUT2D eigenvalue weighted by Gasteiger charge is -2.44. The minimum absolute atomic E-state index is 0.0448. The Morgan fingerprint density at radius 2 is 1.12 bits per heavy atom. The summed E-state index contributed by atoms with van der Waals surface area (Å²) in [5, 5.41) is 17.6. The Bertz CT molecular complexity index is 737. The van der Waals surface area contributed by atoms with Gasteiger partial charge in [-0.25, -0.2) is 0 Å². The van der Waals surface area contributed by atoms with Gasteiger partial charge in [0.2, 0.25) is 5.91 Å². The van der Waals surface area contributed by atoms with Crippen molar-refractivity contribution in [2.24, 2.45) is 0 Å². The van der Waals surface area contributed by atoms with E-state index in [1.54, 1.807) is 7.11 Å². The number of hydrogen-bond acceptors (Lipinski definition) is 7. The van der Waals surface area contributed by atoms with Crippen molar-refractivity contribution in [2.75, 3.05) is 33.4 Å². The van der Waals surface area contributed by atoms with Crippen molar-refractivity contribution in [3.05, 3.63) is 0 Å². The number of carbonyl (C=O) groups excluding carboxylic acids is 1. The Kier molecular flexibility index (Phi) is 27.0. The molecule has 2 aliphatic heterocycles. The molecule has 0 bridgehead atoms. The van der Waals surface area contributed by atoms with Gasteiger partial charge in [-0.05, 0) is 32.2 Å². The van der Waals surface area contributed by atoms with Gasteiger partial charge in [0.05, 0.1) is 6.04 Å². The van der Waals surface area contributed by atoms with E-state index >= 15 is 0 Å². The second kappa shape index (κ2) is 29.9. The lowest BCUT2D eigenvalue weighted by atomic mass is 9.97. The van der Waals surface area contributed by atoms with E-state index in [1.807, 2.05) is 0 Å². The molecule has 1 unspecified atom stereocenters. The fourth-order valence-electron chi connectivity index (χ4n) is 7.17. The van der Waals surface area contributed by atoms with Gasteiger partial charge in [-0.2, -0.15) is 0 Å². The average Bonchev–Trinajstić information content (AvgIpc) is 3.65. The molecule has 2 fully saturated rings. The second-order valence-corrected chi connectivity index (χ2v) is 14.6. The molecule has 3 N–H and O–H groups in total. The molecule has 0 spiro atoms. The predicted molar refractivity (Wildman–Crippen MR) is 197 cm³/mol. The summed E-state index contributed by atoms with van der Waals surface area (Å²) >= 11 is 0. The number of aliphatic hydroxyl groups excluding tert-OH is 1. The number of aliphatic hydroxyl groups is 1. The summed E-state index contributed by atoms with van der Waals surface area (Å²) < 4.78 is 24.6. The van der Waals surface area contributed by atoms with E-state index in [9.17, 15) is 9.90 Å². The fourth-order valence-corrected chi connectivity index (χ4v) is 7.17. The number of unbranched alkanes of at least 4 members (excludes halogenated alkanes) is 22. The molecule has 8 heteroatoms. The summed E-state index contributed by atoms with van der Waals surface area (Å²) in [6.45, 7) is 6.77. The molecule has 0 aliphatic carbocycles. The van der Waals surface area contributed by atoms with Gasteiger partial charge in [-0.15, -0.1) is 0 Å². The molecular formula is C40H78N2O6. The van der Waals surface area contributed by atoms with Gasteiger partial charge < -0.3 is 34.7 Å². The first-order chi connectivity index (χ1) is 23.6. The maximum atomic E-state index is 12.7. The van der Waals surface area contributed by atoms with Crippen molar-refractivity contribution in [1.82, 2.24) is 10.6 Å². The smallest absolute Gasteiger partial charge is 0.237 e. The van der Waals surface area contributed by atoms with Crippen LogP contribution in [0.4, 0.5) is 0 Å². The Balaban J connectivity index is 1.72. The molecular weight excluding hydrogens is 604 g/mol. The van der Waals surface area contributed by atoms with Gasteiger partial charge >= 0.3 is 0 Å². The van der Waals surface area contributed by atoms with Crippen molar-refractivity contribution in [2.45, 2.75) is 218 Å². The van der Waals surface area contributed by atoms with Crippen molar-refractivity contribution >= 4 is 5.91 Å². The van der Waals surface area contributed by atoms with E-state index in [2.05, 4.69) is 24.5 Å². The number of amides is 1. The third-order valence-corrected chi connectivity index (χ3v) is 10.3. The predicted octanol–water partition coefficient (Wildman–Crippen LogP) is 8.76. The zero-order chi connectivity index (χ0) is 34.5. The highest BCUT2D eigenvalue weighted by molar-refractivity contribution is 5.82. The summed E-state index contributed by atoms with van der Waals surface area (Å²) in [6.07, 6.45) is 29.6. The van der Waals surface area contributed by atoms with E-state index in [0.29, 0.717) is 13.2 Å². The van der Waals surface area contributed by atoms with Crippen LogP contribution < -0.4 is 10.6 Å². The van der Waals surface area contributed by atoms with E-state index < -0.39 is 30.7 Å². The fraction of sp³-hybridized carbons (Fsp3) is 0.975. The number of methoxy groups -OCH3 is 1. The molecule has 2 saturated heterocycles. The van der Waals surface area contributed by atoms with Crippen LogP contribution in [0.2, 0.25) is 0 Å². The molecule has 0 aromatic heterocycles. The van der Waals surface area contributed by atoms with Crippen molar-refractivity contribution in [1.29, 1.82) is 0 Å². The average molecular weight is 683 g/mol. The first kappa shape index (κ1) is 43.4. The van der Waals surface area contributed by atoms with Gasteiger partial charge in [-0.3, -0.25) is 4.79 Å². The summed E-state index contributed by atoms with van der Waals surface area (Å²) in [4.78, 5) is 12.7. The highest BCUT2D eigenvalue weighted by Gasteiger charge is 2.47. The third kappa shape index (κ3) is 19.6. The number of nitrogens with one attached hydrogen (secondary N) is 2. The lowest BCUT2D eigenvalue weighted by molar-refractivity contribution is -0.305. The minimum atomic E-state index is -0.919. The van der Waals surface area contributed by atoms with Crippen molar-refractivity contribution < 1.29 is 28.8 Å². The zero-order valence-electron chi connectivity index (χ0n) is 31.7. The molecule has 8 nitrogen and oxygen atoms in total. The largest absolute Gasteiger partial charge is 0.388 e. The molecule has 2 rings (SSSR count). The van der Waals surface area contributed by atoms with Crippen LogP contribution in [0.15, 0.2) is 0 Å². The minimum Gasteiger partial charge on any atom is -0.388 e. The van der Waals surface area contributed by atoms with Crippen LogP contribution in [0.3, 0.4) is 0 Å². The number of carbonyl (C=O) groups is 1. The van der Waals surface area contributed by atoms with E-state index in [-0.39, 0.29) is 18.5 Å². The van der Waals surface area contributed by atoms with E-state index in [4.69, 9.17) is 18.9 Å². The van der Waals surface area contributed by atoms with Gasteiger partial charge in [-0.1, -0.05) is 155 Å². The molecule has 0 saturated carbocycles. The summed E-state index contributed by atoms with van der Waals surface area (Å²) in [5.41, 5.74) is 0. The van der Waals surface area contributed by atoms with Crippen LogP contribution in [0.25, 0.3) is 0 Å². The molecule has 0 aromatic carbocycles. The van der Waals surface area contributed by atoms with Crippen molar-refractivity contribution in [3.63, 3.8) is 0 Å². The maximum Gasteiger partial charge on any atom is 0.237 e. The Morgan fingerprint density at radius 3 is 1.54 bits per heavy atom. The van der Waals surface area contributed by atoms with Gasteiger partial charge in [0.15, 0.2) is 6.29 Å². The van der Waals surface area contributed by atoms with Gasteiger partial charge in [0, 0.05) is 26.9 Å².